The lowest BCUT2D eigenvalue weighted by Gasteiger charge is -2.15. The van der Waals surface area contributed by atoms with Crippen LogP contribution in [0.25, 0.3) is 22.0 Å². The third-order valence-electron chi connectivity index (χ3n) is 6.97. The molecule has 1 aromatic heterocycles. The number of amides is 1. The molecular formula is C34H29Cl2N3O2. The van der Waals surface area contributed by atoms with E-state index in [0.29, 0.717) is 45.2 Å². The molecule has 5 rings (SSSR count). The van der Waals surface area contributed by atoms with Crippen LogP contribution in [0.15, 0.2) is 91.1 Å². The highest BCUT2D eigenvalue weighted by atomic mass is 35.5. The first-order chi connectivity index (χ1) is 19.9. The summed E-state index contributed by atoms with van der Waals surface area (Å²) in [6.07, 6.45) is 3.60. The normalized spacial score (nSPS) is 11.6. The van der Waals surface area contributed by atoms with Crippen molar-refractivity contribution >= 4 is 39.9 Å². The molecule has 41 heavy (non-hydrogen) atoms. The molecule has 5 nitrogen and oxygen atoms in total. The van der Waals surface area contributed by atoms with Gasteiger partial charge < -0.3 is 15.0 Å². The number of rotatable bonds is 8. The molecule has 0 saturated carbocycles. The monoisotopic (exact) mass is 581 g/mol. The first kappa shape index (κ1) is 28.3. The maximum Gasteiger partial charge on any atom is 0.240 e. The molecule has 1 heterocycles. The van der Waals surface area contributed by atoms with Crippen molar-refractivity contribution in [1.82, 2.24) is 14.9 Å². The summed E-state index contributed by atoms with van der Waals surface area (Å²) in [5.74, 6) is 6.96. The van der Waals surface area contributed by atoms with Crippen LogP contribution in [0.4, 0.5) is 0 Å². The van der Waals surface area contributed by atoms with Crippen molar-refractivity contribution in [1.29, 1.82) is 0 Å². The van der Waals surface area contributed by atoms with Crippen LogP contribution in [-0.4, -0.2) is 27.1 Å². The van der Waals surface area contributed by atoms with Gasteiger partial charge in [0.25, 0.3) is 0 Å². The highest BCUT2D eigenvalue weighted by Gasteiger charge is 2.14. The Hall–Kier alpha value is -4.24. The van der Waals surface area contributed by atoms with Crippen LogP contribution >= 0.6 is 23.2 Å². The van der Waals surface area contributed by atoms with E-state index in [1.807, 2.05) is 0 Å². The number of carbonyl (C=O) groups is 1. The quantitative estimate of drug-likeness (QED) is 0.145. The topological polar surface area (TPSA) is 67.2 Å². The van der Waals surface area contributed by atoms with Gasteiger partial charge in [0.2, 0.25) is 5.91 Å². The summed E-state index contributed by atoms with van der Waals surface area (Å²) in [6.45, 7) is 2.88. The first-order valence-corrected chi connectivity index (χ1v) is 14.2. The van der Waals surface area contributed by atoms with Gasteiger partial charge in [-0.3, -0.25) is 4.79 Å². The Labute approximate surface area is 249 Å². The van der Waals surface area contributed by atoms with Crippen molar-refractivity contribution in [2.75, 3.05) is 6.54 Å². The molecule has 0 saturated heterocycles. The Morgan fingerprint density at radius 2 is 1.78 bits per heavy atom. The Balaban J connectivity index is 1.26. The minimum atomic E-state index is -0.123. The molecule has 206 valence electrons. The predicted molar refractivity (Wildman–Crippen MR) is 166 cm³/mol. The van der Waals surface area contributed by atoms with Crippen LogP contribution in [0.5, 0.6) is 5.75 Å². The molecule has 4 aromatic carbocycles. The Morgan fingerprint density at radius 1 is 1.00 bits per heavy atom. The summed E-state index contributed by atoms with van der Waals surface area (Å²) in [5.41, 5.74) is 3.34. The van der Waals surface area contributed by atoms with E-state index < -0.39 is 0 Å². The van der Waals surface area contributed by atoms with E-state index in [0.717, 1.165) is 12.8 Å². The SMILES string of the molecule is CC(CCCNC(=O)Cn1cc(-c2ccc(Cl)cc2Cl)nc1C#Cc1ccc(O)cc1)c1cccc2ccccc12. The number of hydrogen-bond donors (Lipinski definition) is 2. The van der Waals surface area contributed by atoms with Gasteiger partial charge in [-0.25, -0.2) is 4.98 Å². The van der Waals surface area contributed by atoms with Gasteiger partial charge in [0, 0.05) is 28.9 Å². The molecule has 1 atom stereocenters. The number of aromatic nitrogens is 2. The number of carbonyl (C=O) groups excluding carboxylic acids is 1. The number of fused-ring (bicyclic) bond motifs is 1. The minimum Gasteiger partial charge on any atom is -0.508 e. The molecular weight excluding hydrogens is 553 g/mol. The average molecular weight is 583 g/mol. The number of phenols is 1. The molecule has 0 spiro atoms. The van der Waals surface area contributed by atoms with Gasteiger partial charge >= 0.3 is 0 Å². The van der Waals surface area contributed by atoms with Crippen LogP contribution in [0.1, 0.15) is 42.6 Å². The predicted octanol–water partition coefficient (Wildman–Crippen LogP) is 7.82. The van der Waals surface area contributed by atoms with Crippen LogP contribution < -0.4 is 5.32 Å². The Bertz CT molecular complexity index is 1740. The fourth-order valence-corrected chi connectivity index (χ4v) is 5.32. The van der Waals surface area contributed by atoms with E-state index in [1.54, 1.807) is 53.2 Å². The molecule has 0 aliphatic carbocycles. The fourth-order valence-electron chi connectivity index (χ4n) is 4.82. The molecule has 7 heteroatoms. The molecule has 0 aliphatic heterocycles. The van der Waals surface area contributed by atoms with Crippen molar-refractivity contribution < 1.29 is 9.90 Å². The zero-order valence-corrected chi connectivity index (χ0v) is 24.1. The van der Waals surface area contributed by atoms with E-state index in [2.05, 4.69) is 71.5 Å². The maximum atomic E-state index is 12.9. The lowest BCUT2D eigenvalue weighted by molar-refractivity contribution is -0.121. The molecule has 5 aromatic rings. The molecule has 0 aliphatic rings. The second-order valence-corrected chi connectivity index (χ2v) is 10.8. The second-order valence-electron chi connectivity index (χ2n) is 9.96. The smallest absolute Gasteiger partial charge is 0.240 e. The number of hydrogen-bond acceptors (Lipinski definition) is 3. The van der Waals surface area contributed by atoms with E-state index >= 15 is 0 Å². The van der Waals surface area contributed by atoms with Gasteiger partial charge in [-0.1, -0.05) is 78.5 Å². The lowest BCUT2D eigenvalue weighted by atomic mass is 9.91. The molecule has 0 fully saturated rings. The highest BCUT2D eigenvalue weighted by Crippen LogP contribution is 2.30. The van der Waals surface area contributed by atoms with E-state index in [4.69, 9.17) is 23.2 Å². The summed E-state index contributed by atoms with van der Waals surface area (Å²) < 4.78 is 1.72. The first-order valence-electron chi connectivity index (χ1n) is 13.5. The number of halogens is 2. The molecule has 1 amide bonds. The van der Waals surface area contributed by atoms with Gasteiger partial charge in [-0.05, 0) is 83.5 Å². The van der Waals surface area contributed by atoms with Crippen molar-refractivity contribution in [2.45, 2.75) is 32.2 Å². The maximum absolute atomic E-state index is 12.9. The van der Waals surface area contributed by atoms with Gasteiger partial charge in [0.15, 0.2) is 5.82 Å². The summed E-state index contributed by atoms with van der Waals surface area (Å²) >= 11 is 12.5. The van der Waals surface area contributed by atoms with Gasteiger partial charge in [0.05, 0.1) is 10.7 Å². The van der Waals surface area contributed by atoms with Crippen LogP contribution in [0, 0.1) is 11.8 Å². The molecule has 2 N–H and O–H groups in total. The van der Waals surface area contributed by atoms with Crippen molar-refractivity contribution in [3.63, 3.8) is 0 Å². The third-order valence-corrected chi connectivity index (χ3v) is 7.52. The third kappa shape index (κ3) is 7.10. The summed E-state index contributed by atoms with van der Waals surface area (Å²) in [6, 6.07) is 26.7. The van der Waals surface area contributed by atoms with Gasteiger partial charge in [0.1, 0.15) is 12.3 Å². The van der Waals surface area contributed by atoms with E-state index in [-0.39, 0.29) is 18.2 Å². The number of phenolic OH excluding ortho intramolecular Hbond substituents is 1. The van der Waals surface area contributed by atoms with Crippen molar-refractivity contribution in [3.05, 3.63) is 118 Å². The number of aromatic hydroxyl groups is 1. The summed E-state index contributed by atoms with van der Waals surface area (Å²) in [5, 5.41) is 16.1. The zero-order chi connectivity index (χ0) is 28.8. The Morgan fingerprint density at radius 3 is 2.59 bits per heavy atom. The number of nitrogens with zero attached hydrogens (tertiary/aromatic N) is 2. The van der Waals surface area contributed by atoms with Crippen LogP contribution in [-0.2, 0) is 11.3 Å². The largest absolute Gasteiger partial charge is 0.508 e. The molecule has 0 radical (unpaired) electrons. The lowest BCUT2D eigenvalue weighted by Crippen LogP contribution is -2.28. The minimum absolute atomic E-state index is 0.0661. The number of imidazole rings is 1. The molecule has 1 unspecified atom stereocenters. The standard InChI is InChI=1S/C34H29Cl2N3O2/c1-23(28-10-4-8-25-7-2-3-9-29(25)28)6-5-19-37-34(41)22-39-21-32(30-17-14-26(35)20-31(30)36)38-33(39)18-13-24-11-15-27(40)16-12-24/h2-4,7-12,14-17,20-21,23,40H,5-6,19,22H2,1H3,(H,37,41). The van der Waals surface area contributed by atoms with E-state index in [1.165, 1.54) is 16.3 Å². The van der Waals surface area contributed by atoms with Gasteiger partial charge in [-0.15, -0.1) is 0 Å². The summed E-state index contributed by atoms with van der Waals surface area (Å²) in [4.78, 5) is 17.6. The number of nitrogens with one attached hydrogen (secondary N) is 1. The van der Waals surface area contributed by atoms with E-state index in [9.17, 15) is 9.90 Å². The average Bonchev–Trinajstić information content (AvgIpc) is 3.36. The van der Waals surface area contributed by atoms with Crippen molar-refractivity contribution in [3.8, 4) is 28.8 Å². The molecule has 0 bridgehead atoms. The Kier molecular flexibility index (Phi) is 8.94. The fraction of sp³-hybridized carbons (Fsp3) is 0.176. The van der Waals surface area contributed by atoms with Crippen LogP contribution in [0.3, 0.4) is 0 Å². The van der Waals surface area contributed by atoms with Crippen LogP contribution in [0.2, 0.25) is 10.0 Å². The highest BCUT2D eigenvalue weighted by molar-refractivity contribution is 6.36. The van der Waals surface area contributed by atoms with Crippen molar-refractivity contribution in [2.24, 2.45) is 0 Å². The van der Waals surface area contributed by atoms with Gasteiger partial charge in [-0.2, -0.15) is 0 Å². The second kappa shape index (κ2) is 13.0. The number of benzene rings is 4. The summed E-state index contributed by atoms with van der Waals surface area (Å²) in [7, 11) is 0. The zero-order valence-electron chi connectivity index (χ0n) is 22.6.